The summed E-state index contributed by atoms with van der Waals surface area (Å²) in [5.41, 5.74) is 0. The lowest BCUT2D eigenvalue weighted by Gasteiger charge is -2.37. The summed E-state index contributed by atoms with van der Waals surface area (Å²) in [5, 5.41) is 0. The van der Waals surface area contributed by atoms with Crippen molar-refractivity contribution in [1.29, 1.82) is 0 Å². The van der Waals surface area contributed by atoms with E-state index in [0.717, 1.165) is 11.2 Å². The Bertz CT molecular complexity index is 319. The summed E-state index contributed by atoms with van der Waals surface area (Å²) in [4.78, 5) is 6.49. The monoisotopic (exact) mass is 256 g/mol. The minimum absolute atomic E-state index is 0.566. The number of aromatic nitrogens is 1. The number of hydrogen-bond acceptors (Lipinski definition) is 3. The van der Waals surface area contributed by atoms with E-state index in [0.29, 0.717) is 11.9 Å². The Morgan fingerprint density at radius 1 is 1.64 bits per heavy atom. The van der Waals surface area contributed by atoms with E-state index in [-0.39, 0.29) is 0 Å². The molecule has 1 atom stereocenters. The van der Waals surface area contributed by atoms with Gasteiger partial charge in [0.1, 0.15) is 11.2 Å². The molecule has 76 valence electrons. The smallest absolute Gasteiger partial charge is 0.214 e. The molecule has 0 unspecified atom stereocenters. The molecule has 2 rings (SSSR count). The van der Waals surface area contributed by atoms with Gasteiger partial charge in [-0.2, -0.15) is 0 Å². The second-order valence-corrected chi connectivity index (χ2v) is 4.35. The first-order valence-electron chi connectivity index (χ1n) is 4.71. The highest BCUT2D eigenvalue weighted by molar-refractivity contribution is 9.10. The fourth-order valence-electron chi connectivity index (χ4n) is 1.43. The van der Waals surface area contributed by atoms with E-state index in [9.17, 15) is 0 Å². The summed E-state index contributed by atoms with van der Waals surface area (Å²) in [5.74, 6) is 0.694. The zero-order valence-corrected chi connectivity index (χ0v) is 9.70. The van der Waals surface area contributed by atoms with Crippen LogP contribution in [0, 0.1) is 0 Å². The molecule has 1 aliphatic heterocycles. The van der Waals surface area contributed by atoms with Gasteiger partial charge in [0.05, 0.1) is 0 Å². The number of likely N-dealkylation sites (N-methyl/N-ethyl adjacent to an activating group) is 1. The molecule has 14 heavy (non-hydrogen) atoms. The van der Waals surface area contributed by atoms with Crippen molar-refractivity contribution in [3.05, 3.63) is 22.8 Å². The van der Waals surface area contributed by atoms with Gasteiger partial charge < -0.3 is 4.74 Å². The maximum atomic E-state index is 5.58. The maximum Gasteiger partial charge on any atom is 0.214 e. The summed E-state index contributed by atoms with van der Waals surface area (Å²) >= 11 is 3.31. The second kappa shape index (κ2) is 4.28. The average molecular weight is 257 g/mol. The summed E-state index contributed by atoms with van der Waals surface area (Å²) < 4.78 is 6.40. The second-order valence-electron chi connectivity index (χ2n) is 3.53. The van der Waals surface area contributed by atoms with Crippen molar-refractivity contribution in [1.82, 2.24) is 9.88 Å². The molecule has 0 spiro atoms. The Morgan fingerprint density at radius 2 is 2.50 bits per heavy atom. The van der Waals surface area contributed by atoms with Crippen molar-refractivity contribution in [3.63, 3.8) is 0 Å². The van der Waals surface area contributed by atoms with Crippen LogP contribution in [0.25, 0.3) is 0 Å². The van der Waals surface area contributed by atoms with Gasteiger partial charge in [0.15, 0.2) is 0 Å². The first-order chi connectivity index (χ1) is 6.75. The quantitative estimate of drug-likeness (QED) is 0.773. The number of ether oxygens (including phenoxy) is 1. The lowest BCUT2D eigenvalue weighted by Crippen LogP contribution is -2.48. The zero-order valence-electron chi connectivity index (χ0n) is 8.11. The Balaban J connectivity index is 1.85. The van der Waals surface area contributed by atoms with E-state index < -0.39 is 0 Å². The lowest BCUT2D eigenvalue weighted by atomic mass is 10.1. The largest absolute Gasteiger partial charge is 0.476 e. The minimum atomic E-state index is 0.566. The Hall–Kier alpha value is -0.610. The van der Waals surface area contributed by atoms with Crippen LogP contribution in [-0.4, -0.2) is 36.1 Å². The summed E-state index contributed by atoms with van der Waals surface area (Å²) in [6.45, 7) is 1.92. The number of nitrogens with zero attached hydrogens (tertiary/aromatic N) is 2. The first-order valence-corrected chi connectivity index (χ1v) is 5.50. The third kappa shape index (κ3) is 2.25. The normalized spacial score (nSPS) is 21.7. The van der Waals surface area contributed by atoms with Crippen LogP contribution in [-0.2, 0) is 0 Å². The molecule has 0 bridgehead atoms. The first kappa shape index (κ1) is 9.93. The standard InChI is InChI=1S/C10H13BrN2O/c1-13-6-5-8(13)7-14-10-4-2-3-9(11)12-10/h2-4,8H,5-7H2,1H3/t8-/m0/s1. The predicted octanol–water partition coefficient (Wildman–Crippen LogP) is 1.93. The third-order valence-electron chi connectivity index (χ3n) is 2.55. The minimum Gasteiger partial charge on any atom is -0.476 e. The number of pyridine rings is 1. The van der Waals surface area contributed by atoms with Crippen LogP contribution in [0.15, 0.2) is 22.8 Å². The highest BCUT2D eigenvalue weighted by Gasteiger charge is 2.24. The molecule has 0 N–H and O–H groups in total. The van der Waals surface area contributed by atoms with Crippen LogP contribution in [0.2, 0.25) is 0 Å². The molecular formula is C10H13BrN2O. The van der Waals surface area contributed by atoms with E-state index in [4.69, 9.17) is 4.74 Å². The van der Waals surface area contributed by atoms with Crippen molar-refractivity contribution in [2.75, 3.05) is 20.2 Å². The Kier molecular flexibility index (Phi) is 3.03. The number of likely N-dealkylation sites (tertiary alicyclic amines) is 1. The van der Waals surface area contributed by atoms with Gasteiger partial charge in [-0.25, -0.2) is 4.98 Å². The van der Waals surface area contributed by atoms with Crippen LogP contribution in [0.4, 0.5) is 0 Å². The van der Waals surface area contributed by atoms with Crippen molar-refractivity contribution in [3.8, 4) is 5.88 Å². The van der Waals surface area contributed by atoms with Gasteiger partial charge in [0, 0.05) is 12.1 Å². The molecule has 1 aliphatic rings. The summed E-state index contributed by atoms with van der Waals surface area (Å²) in [6.07, 6.45) is 1.23. The van der Waals surface area contributed by atoms with Gasteiger partial charge >= 0.3 is 0 Å². The molecule has 0 aliphatic carbocycles. The van der Waals surface area contributed by atoms with Crippen LogP contribution in [0.1, 0.15) is 6.42 Å². The van der Waals surface area contributed by atoms with Gasteiger partial charge in [-0.1, -0.05) is 6.07 Å². The van der Waals surface area contributed by atoms with E-state index in [1.54, 1.807) is 0 Å². The molecule has 0 saturated carbocycles. The maximum absolute atomic E-state index is 5.58. The molecule has 2 heterocycles. The van der Waals surface area contributed by atoms with Crippen molar-refractivity contribution in [2.45, 2.75) is 12.5 Å². The third-order valence-corrected chi connectivity index (χ3v) is 2.99. The molecule has 4 heteroatoms. The van der Waals surface area contributed by atoms with Gasteiger partial charge in [0.25, 0.3) is 0 Å². The lowest BCUT2D eigenvalue weighted by molar-refractivity contribution is 0.0750. The Labute approximate surface area is 92.2 Å². The number of halogens is 1. The molecule has 1 fully saturated rings. The molecule has 0 radical (unpaired) electrons. The Morgan fingerprint density at radius 3 is 3.07 bits per heavy atom. The van der Waals surface area contributed by atoms with Crippen molar-refractivity contribution >= 4 is 15.9 Å². The molecular weight excluding hydrogens is 244 g/mol. The molecule has 1 aromatic rings. The SMILES string of the molecule is CN1CC[C@H]1COc1cccc(Br)n1. The molecule has 1 saturated heterocycles. The molecule has 3 nitrogen and oxygen atoms in total. The fourth-order valence-corrected chi connectivity index (χ4v) is 1.76. The van der Waals surface area contributed by atoms with Crippen LogP contribution < -0.4 is 4.74 Å². The van der Waals surface area contributed by atoms with Gasteiger partial charge in [-0.3, -0.25) is 4.90 Å². The predicted molar refractivity (Wildman–Crippen MR) is 58.5 cm³/mol. The van der Waals surface area contributed by atoms with Gasteiger partial charge in [-0.15, -0.1) is 0 Å². The van der Waals surface area contributed by atoms with E-state index in [2.05, 4.69) is 32.9 Å². The number of hydrogen-bond donors (Lipinski definition) is 0. The van der Waals surface area contributed by atoms with Crippen LogP contribution in [0.3, 0.4) is 0 Å². The average Bonchev–Trinajstić information content (AvgIpc) is 2.16. The zero-order chi connectivity index (χ0) is 9.97. The van der Waals surface area contributed by atoms with Crippen LogP contribution in [0.5, 0.6) is 5.88 Å². The van der Waals surface area contributed by atoms with Crippen LogP contribution >= 0.6 is 15.9 Å². The van der Waals surface area contributed by atoms with Crippen molar-refractivity contribution in [2.24, 2.45) is 0 Å². The number of rotatable bonds is 3. The van der Waals surface area contributed by atoms with Gasteiger partial charge in [0.2, 0.25) is 5.88 Å². The van der Waals surface area contributed by atoms with Gasteiger partial charge in [-0.05, 0) is 42.0 Å². The molecule has 1 aromatic heterocycles. The highest BCUT2D eigenvalue weighted by atomic mass is 79.9. The fraction of sp³-hybridized carbons (Fsp3) is 0.500. The highest BCUT2D eigenvalue weighted by Crippen LogP contribution is 2.17. The molecule has 0 aromatic carbocycles. The molecule has 0 amide bonds. The summed E-state index contributed by atoms with van der Waals surface area (Å²) in [7, 11) is 2.12. The van der Waals surface area contributed by atoms with Crippen molar-refractivity contribution < 1.29 is 4.74 Å². The van der Waals surface area contributed by atoms with E-state index in [1.807, 2.05) is 18.2 Å². The topological polar surface area (TPSA) is 25.4 Å². The van der Waals surface area contributed by atoms with E-state index in [1.165, 1.54) is 13.0 Å². The summed E-state index contributed by atoms with van der Waals surface area (Å²) in [6, 6.07) is 6.26. The van der Waals surface area contributed by atoms with E-state index >= 15 is 0 Å².